The van der Waals surface area contributed by atoms with Gasteiger partial charge in [-0.3, -0.25) is 0 Å². The number of hydrogen-bond acceptors (Lipinski definition) is 2. The summed E-state index contributed by atoms with van der Waals surface area (Å²) in [6, 6.07) is 4.61. The summed E-state index contributed by atoms with van der Waals surface area (Å²) in [6.45, 7) is 4.59. The van der Waals surface area contributed by atoms with Crippen LogP contribution in [-0.4, -0.2) is 6.61 Å². The molecular formula is C14H22FNO. The van der Waals surface area contributed by atoms with E-state index in [1.54, 1.807) is 19.1 Å². The Labute approximate surface area is 103 Å². The number of halogens is 1. The minimum atomic E-state index is -0.286. The molecule has 0 aliphatic carbocycles. The maximum absolute atomic E-state index is 13.6. The molecule has 2 N–H and O–H groups in total. The SMILES string of the molecule is CCCCCCOc1ccc([C@H](C)N)c(F)c1. The highest BCUT2D eigenvalue weighted by atomic mass is 19.1. The monoisotopic (exact) mass is 239 g/mol. The lowest BCUT2D eigenvalue weighted by Crippen LogP contribution is -2.07. The molecule has 0 fully saturated rings. The molecule has 2 nitrogen and oxygen atoms in total. The first-order chi connectivity index (χ1) is 8.15. The van der Waals surface area contributed by atoms with Crippen LogP contribution in [0, 0.1) is 5.82 Å². The molecule has 0 bridgehead atoms. The van der Waals surface area contributed by atoms with Gasteiger partial charge in [0.2, 0.25) is 0 Å². The number of benzene rings is 1. The first-order valence-corrected chi connectivity index (χ1v) is 6.33. The van der Waals surface area contributed by atoms with Gasteiger partial charge in [-0.15, -0.1) is 0 Å². The van der Waals surface area contributed by atoms with Crippen molar-refractivity contribution in [1.29, 1.82) is 0 Å². The summed E-state index contributed by atoms with van der Waals surface area (Å²) < 4.78 is 19.1. The molecule has 17 heavy (non-hydrogen) atoms. The highest BCUT2D eigenvalue weighted by molar-refractivity contribution is 5.30. The summed E-state index contributed by atoms with van der Waals surface area (Å²) in [6.07, 6.45) is 4.61. The van der Waals surface area contributed by atoms with Crippen LogP contribution in [0.15, 0.2) is 18.2 Å². The number of hydrogen-bond donors (Lipinski definition) is 1. The fraction of sp³-hybridized carbons (Fsp3) is 0.571. The van der Waals surface area contributed by atoms with Gasteiger partial charge in [-0.2, -0.15) is 0 Å². The minimum absolute atomic E-state index is 0.284. The van der Waals surface area contributed by atoms with E-state index in [2.05, 4.69) is 6.92 Å². The van der Waals surface area contributed by atoms with E-state index < -0.39 is 0 Å². The molecule has 0 saturated heterocycles. The average molecular weight is 239 g/mol. The van der Waals surface area contributed by atoms with Crippen molar-refractivity contribution >= 4 is 0 Å². The van der Waals surface area contributed by atoms with E-state index in [4.69, 9.17) is 10.5 Å². The van der Waals surface area contributed by atoms with Crippen LogP contribution >= 0.6 is 0 Å². The minimum Gasteiger partial charge on any atom is -0.493 e. The molecule has 0 aliphatic rings. The molecule has 1 atom stereocenters. The smallest absolute Gasteiger partial charge is 0.131 e. The van der Waals surface area contributed by atoms with Crippen molar-refractivity contribution in [3.8, 4) is 5.75 Å². The molecule has 3 heteroatoms. The van der Waals surface area contributed by atoms with Gasteiger partial charge in [0, 0.05) is 17.7 Å². The van der Waals surface area contributed by atoms with Crippen molar-refractivity contribution in [2.45, 2.75) is 45.6 Å². The van der Waals surface area contributed by atoms with Crippen molar-refractivity contribution in [3.63, 3.8) is 0 Å². The molecule has 0 radical (unpaired) electrons. The van der Waals surface area contributed by atoms with Gasteiger partial charge in [0.05, 0.1) is 6.61 Å². The lowest BCUT2D eigenvalue weighted by Gasteiger charge is -2.10. The molecule has 0 heterocycles. The fourth-order valence-corrected chi connectivity index (χ4v) is 1.69. The van der Waals surface area contributed by atoms with Gasteiger partial charge in [0.15, 0.2) is 0 Å². The molecule has 0 spiro atoms. The van der Waals surface area contributed by atoms with Crippen molar-refractivity contribution in [3.05, 3.63) is 29.6 Å². The van der Waals surface area contributed by atoms with Gasteiger partial charge in [0.1, 0.15) is 11.6 Å². The molecule has 0 aliphatic heterocycles. The highest BCUT2D eigenvalue weighted by Crippen LogP contribution is 2.20. The summed E-state index contributed by atoms with van der Waals surface area (Å²) in [4.78, 5) is 0. The second-order valence-corrected chi connectivity index (χ2v) is 4.38. The average Bonchev–Trinajstić information content (AvgIpc) is 2.28. The second kappa shape index (κ2) is 7.28. The van der Waals surface area contributed by atoms with E-state index in [1.807, 2.05) is 0 Å². The predicted molar refractivity (Wildman–Crippen MR) is 68.6 cm³/mol. The van der Waals surface area contributed by atoms with Crippen LogP contribution in [0.1, 0.15) is 51.1 Å². The zero-order valence-corrected chi connectivity index (χ0v) is 10.7. The zero-order valence-electron chi connectivity index (χ0n) is 10.7. The lowest BCUT2D eigenvalue weighted by molar-refractivity contribution is 0.303. The Hall–Kier alpha value is -1.09. The predicted octanol–water partition coefficient (Wildman–Crippen LogP) is 3.80. The standard InChI is InChI=1S/C14H22FNO/c1-3-4-5-6-9-17-12-7-8-13(11(2)16)14(15)10-12/h7-8,10-11H,3-6,9,16H2,1-2H3/t11-/m0/s1. The zero-order chi connectivity index (χ0) is 12.7. The summed E-state index contributed by atoms with van der Waals surface area (Å²) in [7, 11) is 0. The third-order valence-electron chi connectivity index (χ3n) is 2.73. The first-order valence-electron chi connectivity index (χ1n) is 6.33. The maximum atomic E-state index is 13.6. The summed E-state index contributed by atoms with van der Waals surface area (Å²) in [5, 5.41) is 0. The highest BCUT2D eigenvalue weighted by Gasteiger charge is 2.07. The molecule has 0 saturated carbocycles. The van der Waals surface area contributed by atoms with Gasteiger partial charge in [-0.25, -0.2) is 4.39 Å². The van der Waals surface area contributed by atoms with Crippen LogP contribution in [0.25, 0.3) is 0 Å². The van der Waals surface area contributed by atoms with Gasteiger partial charge >= 0.3 is 0 Å². The van der Waals surface area contributed by atoms with Crippen LogP contribution in [0.3, 0.4) is 0 Å². The van der Waals surface area contributed by atoms with Crippen molar-refractivity contribution in [1.82, 2.24) is 0 Å². The van der Waals surface area contributed by atoms with E-state index in [0.717, 1.165) is 12.8 Å². The largest absolute Gasteiger partial charge is 0.493 e. The topological polar surface area (TPSA) is 35.2 Å². The van der Waals surface area contributed by atoms with Gasteiger partial charge in [-0.1, -0.05) is 32.3 Å². The van der Waals surface area contributed by atoms with Gasteiger partial charge in [0.25, 0.3) is 0 Å². The van der Waals surface area contributed by atoms with Crippen LogP contribution < -0.4 is 10.5 Å². The van der Waals surface area contributed by atoms with Crippen LogP contribution in [0.5, 0.6) is 5.75 Å². The molecular weight excluding hydrogens is 217 g/mol. The van der Waals surface area contributed by atoms with Crippen molar-refractivity contribution < 1.29 is 9.13 Å². The van der Waals surface area contributed by atoms with Crippen LogP contribution in [0.4, 0.5) is 4.39 Å². The van der Waals surface area contributed by atoms with Crippen LogP contribution in [-0.2, 0) is 0 Å². The Kier molecular flexibility index (Phi) is 5.98. The molecule has 0 aromatic heterocycles. The normalized spacial score (nSPS) is 12.5. The number of unbranched alkanes of at least 4 members (excludes halogenated alkanes) is 3. The summed E-state index contributed by atoms with van der Waals surface area (Å²) >= 11 is 0. The Morgan fingerprint density at radius 1 is 1.29 bits per heavy atom. The van der Waals surface area contributed by atoms with E-state index >= 15 is 0 Å². The van der Waals surface area contributed by atoms with E-state index in [9.17, 15) is 4.39 Å². The summed E-state index contributed by atoms with van der Waals surface area (Å²) in [5.41, 5.74) is 6.17. The molecule has 96 valence electrons. The van der Waals surface area contributed by atoms with Crippen molar-refractivity contribution in [2.75, 3.05) is 6.61 Å². The Balaban J connectivity index is 2.42. The Morgan fingerprint density at radius 3 is 2.65 bits per heavy atom. The molecule has 0 amide bonds. The molecule has 0 unspecified atom stereocenters. The number of rotatable bonds is 7. The molecule has 1 aromatic carbocycles. The molecule has 1 rings (SSSR count). The number of nitrogens with two attached hydrogens (primary N) is 1. The number of ether oxygens (including phenoxy) is 1. The van der Waals surface area contributed by atoms with Gasteiger partial charge < -0.3 is 10.5 Å². The maximum Gasteiger partial charge on any atom is 0.131 e. The van der Waals surface area contributed by atoms with E-state index in [1.165, 1.54) is 18.9 Å². The van der Waals surface area contributed by atoms with E-state index in [0.29, 0.717) is 17.9 Å². The van der Waals surface area contributed by atoms with Gasteiger partial charge in [-0.05, 0) is 19.4 Å². The third-order valence-corrected chi connectivity index (χ3v) is 2.73. The lowest BCUT2D eigenvalue weighted by atomic mass is 10.1. The Morgan fingerprint density at radius 2 is 2.06 bits per heavy atom. The quantitative estimate of drug-likeness (QED) is 0.734. The van der Waals surface area contributed by atoms with Crippen LogP contribution in [0.2, 0.25) is 0 Å². The van der Waals surface area contributed by atoms with E-state index in [-0.39, 0.29) is 11.9 Å². The summed E-state index contributed by atoms with van der Waals surface area (Å²) in [5.74, 6) is 0.300. The molecule has 1 aromatic rings. The van der Waals surface area contributed by atoms with Crippen molar-refractivity contribution in [2.24, 2.45) is 5.73 Å². The third kappa shape index (κ3) is 4.73. The second-order valence-electron chi connectivity index (χ2n) is 4.38. The first kappa shape index (κ1) is 14.0. The fourth-order valence-electron chi connectivity index (χ4n) is 1.69. The Bertz CT molecular complexity index is 339.